The average Bonchev–Trinajstić information content (AvgIpc) is 3.25. The highest BCUT2D eigenvalue weighted by molar-refractivity contribution is 5.76. The lowest BCUT2D eigenvalue weighted by molar-refractivity contribution is -0.302. The van der Waals surface area contributed by atoms with Crippen molar-refractivity contribution >= 4 is 5.91 Å². The number of unbranched alkanes of at least 4 members (excludes halogenated alkanes) is 28. The van der Waals surface area contributed by atoms with Gasteiger partial charge in [0.2, 0.25) is 5.91 Å². The quantitative estimate of drug-likeness (QED) is 0.0263. The predicted octanol–water partition coefficient (Wildman–Crippen LogP) is 11.2. The Bertz CT molecular complexity index is 1030. The minimum atomic E-state index is -1.57. The van der Waals surface area contributed by atoms with Crippen LogP contribution in [0.1, 0.15) is 226 Å². The van der Waals surface area contributed by atoms with Gasteiger partial charge in [-0.25, -0.2) is 0 Å². The molecule has 1 rings (SSSR count). The third-order valence-corrected chi connectivity index (χ3v) is 11.9. The highest BCUT2D eigenvalue weighted by atomic mass is 16.7. The predicted molar refractivity (Wildman–Crippen MR) is 249 cm³/mol. The van der Waals surface area contributed by atoms with Crippen LogP contribution < -0.4 is 5.32 Å². The van der Waals surface area contributed by atoms with Crippen LogP contribution in [0.4, 0.5) is 0 Å². The van der Waals surface area contributed by atoms with Crippen LogP contribution in [0, 0.1) is 0 Å². The van der Waals surface area contributed by atoms with Crippen LogP contribution in [-0.4, -0.2) is 87.5 Å². The van der Waals surface area contributed by atoms with Gasteiger partial charge in [-0.3, -0.25) is 4.79 Å². The Kier molecular flexibility index (Phi) is 39.0. The molecular weight excluding hydrogens is 755 g/mol. The molecule has 0 spiro atoms. The second kappa shape index (κ2) is 41.4. The SMILES string of the molecule is CCCCCCCC/C=C\CCCCCCCCCC(=O)NC(COC1OC(CO)C(O)C(O)C1O)C(O)/C=C/CC/C=C/CCCCCCCCCCCCCCCC. The van der Waals surface area contributed by atoms with Crippen molar-refractivity contribution in [1.29, 1.82) is 0 Å². The van der Waals surface area contributed by atoms with Crippen molar-refractivity contribution in [2.75, 3.05) is 13.2 Å². The van der Waals surface area contributed by atoms with E-state index in [0.717, 1.165) is 51.4 Å². The zero-order chi connectivity index (χ0) is 43.7. The average molecular weight is 850 g/mol. The fraction of sp³-hybridized carbons (Fsp3) is 0.863. The van der Waals surface area contributed by atoms with Crippen molar-refractivity contribution in [2.45, 2.75) is 269 Å². The molecule has 60 heavy (non-hydrogen) atoms. The summed E-state index contributed by atoms with van der Waals surface area (Å²) in [7, 11) is 0. The van der Waals surface area contributed by atoms with Gasteiger partial charge in [0, 0.05) is 6.42 Å². The van der Waals surface area contributed by atoms with E-state index in [1.54, 1.807) is 6.08 Å². The molecule has 0 bridgehead atoms. The van der Waals surface area contributed by atoms with Gasteiger partial charge in [-0.05, 0) is 57.8 Å². The molecule has 0 aromatic carbocycles. The normalized spacial score (nSPS) is 20.8. The first kappa shape index (κ1) is 56.4. The number of carbonyl (C=O) groups is 1. The van der Waals surface area contributed by atoms with E-state index in [1.807, 2.05) is 6.08 Å². The molecule has 1 heterocycles. The van der Waals surface area contributed by atoms with Crippen molar-refractivity contribution in [3.05, 3.63) is 36.5 Å². The topological polar surface area (TPSA) is 149 Å². The fourth-order valence-corrected chi connectivity index (χ4v) is 7.87. The maximum atomic E-state index is 13.0. The Labute approximate surface area is 368 Å². The number of ether oxygens (including phenoxy) is 2. The number of hydrogen-bond acceptors (Lipinski definition) is 8. The van der Waals surface area contributed by atoms with Crippen LogP contribution in [-0.2, 0) is 14.3 Å². The summed E-state index contributed by atoms with van der Waals surface area (Å²) in [6.07, 6.45) is 44.8. The summed E-state index contributed by atoms with van der Waals surface area (Å²) in [6.45, 7) is 3.76. The summed E-state index contributed by atoms with van der Waals surface area (Å²) >= 11 is 0. The molecule has 9 heteroatoms. The molecule has 0 radical (unpaired) electrons. The first-order chi connectivity index (χ1) is 29.3. The lowest BCUT2D eigenvalue weighted by Gasteiger charge is -2.40. The summed E-state index contributed by atoms with van der Waals surface area (Å²) in [5.74, 6) is -0.191. The van der Waals surface area contributed by atoms with E-state index in [2.05, 4.69) is 43.5 Å². The Morgan fingerprint density at radius 1 is 0.550 bits per heavy atom. The Morgan fingerprint density at radius 3 is 1.40 bits per heavy atom. The van der Waals surface area contributed by atoms with Crippen molar-refractivity contribution in [3.8, 4) is 0 Å². The summed E-state index contributed by atoms with van der Waals surface area (Å²) in [6, 6.07) is -0.822. The summed E-state index contributed by atoms with van der Waals surface area (Å²) in [5.41, 5.74) is 0. The maximum Gasteiger partial charge on any atom is 0.220 e. The molecule has 0 aliphatic carbocycles. The van der Waals surface area contributed by atoms with Crippen LogP contribution in [0.2, 0.25) is 0 Å². The molecule has 0 aromatic rings. The number of carbonyl (C=O) groups excluding carboxylic acids is 1. The van der Waals surface area contributed by atoms with Crippen LogP contribution >= 0.6 is 0 Å². The van der Waals surface area contributed by atoms with E-state index in [1.165, 1.54) is 154 Å². The van der Waals surface area contributed by atoms with E-state index >= 15 is 0 Å². The van der Waals surface area contributed by atoms with Gasteiger partial charge in [-0.1, -0.05) is 198 Å². The molecule has 6 N–H and O–H groups in total. The monoisotopic (exact) mass is 850 g/mol. The number of nitrogens with one attached hydrogen (secondary N) is 1. The molecule has 1 aliphatic rings. The van der Waals surface area contributed by atoms with E-state index in [9.17, 15) is 30.3 Å². The van der Waals surface area contributed by atoms with Gasteiger partial charge < -0.3 is 40.3 Å². The molecule has 1 amide bonds. The van der Waals surface area contributed by atoms with Crippen LogP contribution in [0.15, 0.2) is 36.5 Å². The van der Waals surface area contributed by atoms with Crippen molar-refractivity contribution in [2.24, 2.45) is 0 Å². The van der Waals surface area contributed by atoms with Gasteiger partial charge in [0.1, 0.15) is 24.4 Å². The van der Waals surface area contributed by atoms with Gasteiger partial charge in [-0.2, -0.15) is 0 Å². The Hall–Kier alpha value is -1.59. The van der Waals surface area contributed by atoms with E-state index in [4.69, 9.17) is 9.47 Å². The van der Waals surface area contributed by atoms with Crippen LogP contribution in [0.3, 0.4) is 0 Å². The maximum absolute atomic E-state index is 13.0. The number of allylic oxidation sites excluding steroid dienone is 5. The summed E-state index contributed by atoms with van der Waals surface area (Å²) in [4.78, 5) is 13.0. The molecule has 0 aromatic heterocycles. The molecule has 7 atom stereocenters. The van der Waals surface area contributed by atoms with E-state index in [0.29, 0.717) is 6.42 Å². The van der Waals surface area contributed by atoms with Crippen LogP contribution in [0.5, 0.6) is 0 Å². The molecule has 1 saturated heterocycles. The minimum absolute atomic E-state index is 0.191. The molecular formula is C51H95NO8. The standard InChI is InChI=1S/C51H95NO8/c1-3-5-7-9-11-13-15-17-19-21-22-23-25-26-28-30-32-34-36-38-40-45(54)44(43-59-51-50(58)49(57)48(56)46(42-53)60-51)52-47(55)41-39-37-35-33-31-29-27-24-20-18-16-14-12-10-8-6-4-2/h18,20,30,32,38,40,44-46,48-51,53-54,56-58H,3-17,19,21-29,31,33-37,39,41-43H2,1-2H3,(H,52,55)/b20-18-,32-30+,40-38+. The number of aliphatic hydroxyl groups is 5. The molecule has 352 valence electrons. The van der Waals surface area contributed by atoms with Gasteiger partial charge in [0.25, 0.3) is 0 Å². The lowest BCUT2D eigenvalue weighted by atomic mass is 9.99. The van der Waals surface area contributed by atoms with Gasteiger partial charge in [-0.15, -0.1) is 0 Å². The van der Waals surface area contributed by atoms with Crippen molar-refractivity contribution < 1.29 is 39.8 Å². The Morgan fingerprint density at radius 2 is 0.950 bits per heavy atom. The molecule has 1 aliphatic heterocycles. The Balaban J connectivity index is 2.34. The highest BCUT2D eigenvalue weighted by Crippen LogP contribution is 2.23. The minimum Gasteiger partial charge on any atom is -0.394 e. The van der Waals surface area contributed by atoms with Crippen LogP contribution in [0.25, 0.3) is 0 Å². The number of amides is 1. The number of aliphatic hydroxyl groups excluding tert-OH is 5. The fourth-order valence-electron chi connectivity index (χ4n) is 7.87. The summed E-state index contributed by atoms with van der Waals surface area (Å²) in [5, 5.41) is 54.3. The molecule has 1 fully saturated rings. The first-order valence-electron chi connectivity index (χ1n) is 25.2. The molecule has 9 nitrogen and oxygen atoms in total. The largest absolute Gasteiger partial charge is 0.394 e. The third kappa shape index (κ3) is 31.3. The summed E-state index contributed by atoms with van der Waals surface area (Å²) < 4.78 is 11.2. The number of hydrogen-bond donors (Lipinski definition) is 6. The van der Waals surface area contributed by atoms with E-state index in [-0.39, 0.29) is 12.5 Å². The van der Waals surface area contributed by atoms with Crippen molar-refractivity contribution in [1.82, 2.24) is 5.32 Å². The lowest BCUT2D eigenvalue weighted by Crippen LogP contribution is -2.60. The number of rotatable bonds is 42. The first-order valence-corrected chi connectivity index (χ1v) is 25.2. The van der Waals surface area contributed by atoms with E-state index < -0.39 is 49.5 Å². The third-order valence-electron chi connectivity index (χ3n) is 11.9. The smallest absolute Gasteiger partial charge is 0.220 e. The zero-order valence-electron chi connectivity index (χ0n) is 38.7. The van der Waals surface area contributed by atoms with Gasteiger partial charge >= 0.3 is 0 Å². The highest BCUT2D eigenvalue weighted by Gasteiger charge is 2.44. The van der Waals surface area contributed by atoms with Gasteiger partial charge in [0.15, 0.2) is 6.29 Å². The molecule has 7 unspecified atom stereocenters. The van der Waals surface area contributed by atoms with Crippen molar-refractivity contribution in [3.63, 3.8) is 0 Å². The zero-order valence-corrected chi connectivity index (χ0v) is 38.7. The second-order valence-electron chi connectivity index (χ2n) is 17.6. The molecule has 0 saturated carbocycles. The van der Waals surface area contributed by atoms with Gasteiger partial charge in [0.05, 0.1) is 25.4 Å². The second-order valence-corrected chi connectivity index (χ2v) is 17.6.